The fourth-order valence-electron chi connectivity index (χ4n) is 3.01. The zero-order chi connectivity index (χ0) is 17.6. The highest BCUT2D eigenvalue weighted by Crippen LogP contribution is 2.39. The molecule has 0 N–H and O–H groups in total. The molecule has 1 saturated heterocycles. The maximum atomic E-state index is 12.9. The maximum absolute atomic E-state index is 12.9. The van der Waals surface area contributed by atoms with Crippen molar-refractivity contribution in [3.05, 3.63) is 35.2 Å². The number of piperazine rings is 1. The Morgan fingerprint density at radius 2 is 1.80 bits per heavy atom. The van der Waals surface area contributed by atoms with Gasteiger partial charge in [0.1, 0.15) is 5.82 Å². The summed E-state index contributed by atoms with van der Waals surface area (Å²) in [5.74, 6) is 1.52. The minimum Gasteiger partial charge on any atom is -0.344 e. The summed E-state index contributed by atoms with van der Waals surface area (Å²) in [5.41, 5.74) is 2.10. The molecule has 1 aliphatic carbocycles. The molecule has 0 atom stereocenters. The lowest BCUT2D eigenvalue weighted by Gasteiger charge is -2.33. The average Bonchev–Trinajstić information content (AvgIpc) is 3.34. The molecule has 8 heteroatoms. The molecule has 0 radical (unpaired) electrons. The number of hydrogen-bond donors (Lipinski definition) is 0. The van der Waals surface area contributed by atoms with Crippen molar-refractivity contribution in [2.75, 3.05) is 31.1 Å². The molecule has 1 aromatic carbocycles. The summed E-state index contributed by atoms with van der Waals surface area (Å²) < 4.78 is 31.8. The Labute approximate surface area is 152 Å². The standard InChI is InChI=1S/C17H22N4O2S2/c1-12-3-6-15(11-13(12)2)25(22,23)21-9-7-20(8-10-21)17-18-16(19-24-17)14-4-5-14/h3,6,11,14H,4-5,7-10H2,1-2H3. The molecule has 0 unspecified atom stereocenters. The predicted molar refractivity (Wildman–Crippen MR) is 98.8 cm³/mol. The van der Waals surface area contributed by atoms with Gasteiger partial charge < -0.3 is 4.90 Å². The van der Waals surface area contributed by atoms with Crippen LogP contribution in [0.15, 0.2) is 23.1 Å². The SMILES string of the molecule is Cc1ccc(S(=O)(=O)N2CCN(c3nc(C4CC4)ns3)CC2)cc1C. The number of sulfonamides is 1. The minimum absolute atomic E-state index is 0.385. The number of rotatable bonds is 4. The van der Waals surface area contributed by atoms with E-state index >= 15 is 0 Å². The van der Waals surface area contributed by atoms with Gasteiger partial charge in [0.05, 0.1) is 4.90 Å². The van der Waals surface area contributed by atoms with Crippen LogP contribution in [0.1, 0.15) is 35.7 Å². The van der Waals surface area contributed by atoms with Gasteiger partial charge in [-0.3, -0.25) is 0 Å². The van der Waals surface area contributed by atoms with Crippen LogP contribution in [0, 0.1) is 13.8 Å². The van der Waals surface area contributed by atoms with Gasteiger partial charge in [-0.2, -0.15) is 8.68 Å². The van der Waals surface area contributed by atoms with Crippen LogP contribution < -0.4 is 4.90 Å². The Morgan fingerprint density at radius 1 is 1.08 bits per heavy atom. The van der Waals surface area contributed by atoms with Gasteiger partial charge in [0.15, 0.2) is 0 Å². The van der Waals surface area contributed by atoms with Crippen LogP contribution in [0.5, 0.6) is 0 Å². The highest BCUT2D eigenvalue weighted by molar-refractivity contribution is 7.89. The topological polar surface area (TPSA) is 66.4 Å². The van der Waals surface area contributed by atoms with Gasteiger partial charge in [-0.1, -0.05) is 6.07 Å². The van der Waals surface area contributed by atoms with E-state index in [1.165, 1.54) is 24.4 Å². The maximum Gasteiger partial charge on any atom is 0.243 e. The van der Waals surface area contributed by atoms with Crippen molar-refractivity contribution in [3.8, 4) is 0 Å². The van der Waals surface area contributed by atoms with E-state index in [9.17, 15) is 8.42 Å². The molecule has 2 heterocycles. The van der Waals surface area contributed by atoms with Gasteiger partial charge in [-0.25, -0.2) is 13.4 Å². The Bertz CT molecular complexity index is 882. The van der Waals surface area contributed by atoms with Crippen LogP contribution in [0.3, 0.4) is 0 Å². The van der Waals surface area contributed by atoms with Crippen molar-refractivity contribution in [1.29, 1.82) is 0 Å². The third-order valence-corrected chi connectivity index (χ3v) is 7.68. The lowest BCUT2D eigenvalue weighted by atomic mass is 10.1. The number of aryl methyl sites for hydroxylation is 2. The number of benzene rings is 1. The monoisotopic (exact) mass is 378 g/mol. The van der Waals surface area contributed by atoms with E-state index in [1.807, 2.05) is 19.9 Å². The first-order valence-corrected chi connectivity index (χ1v) is 10.8. The van der Waals surface area contributed by atoms with Crippen LogP contribution in [-0.4, -0.2) is 48.3 Å². The molecule has 0 bridgehead atoms. The summed E-state index contributed by atoms with van der Waals surface area (Å²) in [6.45, 7) is 6.20. The van der Waals surface area contributed by atoms with Crippen molar-refractivity contribution < 1.29 is 8.42 Å². The molecule has 0 spiro atoms. The fourth-order valence-corrected chi connectivity index (χ4v) is 5.31. The normalized spacial score (nSPS) is 19.4. The molecule has 1 aromatic heterocycles. The lowest BCUT2D eigenvalue weighted by molar-refractivity contribution is 0.384. The van der Waals surface area contributed by atoms with E-state index in [1.54, 1.807) is 16.4 Å². The van der Waals surface area contributed by atoms with Crippen LogP contribution >= 0.6 is 11.5 Å². The molecule has 0 amide bonds. The van der Waals surface area contributed by atoms with Crippen molar-refractivity contribution in [1.82, 2.24) is 13.7 Å². The van der Waals surface area contributed by atoms with Crippen LogP contribution in [-0.2, 0) is 10.0 Å². The summed E-state index contributed by atoms with van der Waals surface area (Å²) in [4.78, 5) is 7.16. The summed E-state index contributed by atoms with van der Waals surface area (Å²) in [7, 11) is -3.43. The molecule has 2 aliphatic rings. The van der Waals surface area contributed by atoms with Gasteiger partial charge in [0.25, 0.3) is 0 Å². The van der Waals surface area contributed by atoms with Crippen LogP contribution in [0.4, 0.5) is 5.13 Å². The number of anilines is 1. The number of hydrogen-bond acceptors (Lipinski definition) is 6. The molecule has 134 valence electrons. The van der Waals surface area contributed by atoms with Crippen molar-refractivity contribution >= 4 is 26.7 Å². The second-order valence-electron chi connectivity index (χ2n) is 6.85. The molecule has 2 fully saturated rings. The largest absolute Gasteiger partial charge is 0.344 e. The fraction of sp³-hybridized carbons (Fsp3) is 0.529. The summed E-state index contributed by atoms with van der Waals surface area (Å²) in [6.07, 6.45) is 2.39. The molecule has 4 rings (SSSR count). The highest BCUT2D eigenvalue weighted by Gasteiger charge is 2.32. The summed E-state index contributed by atoms with van der Waals surface area (Å²) in [5, 5.41) is 0.921. The Morgan fingerprint density at radius 3 is 2.44 bits per heavy atom. The van der Waals surface area contributed by atoms with Gasteiger partial charge in [-0.05, 0) is 49.9 Å². The molecular weight excluding hydrogens is 356 g/mol. The summed E-state index contributed by atoms with van der Waals surface area (Å²) >= 11 is 1.43. The predicted octanol–water partition coefficient (Wildman–Crippen LogP) is 2.54. The second kappa shape index (κ2) is 6.34. The Balaban J connectivity index is 1.45. The molecule has 6 nitrogen and oxygen atoms in total. The van der Waals surface area contributed by atoms with Gasteiger partial charge in [0, 0.05) is 43.6 Å². The molecular formula is C17H22N4O2S2. The zero-order valence-corrected chi connectivity index (χ0v) is 16.1. The van der Waals surface area contributed by atoms with E-state index in [0.717, 1.165) is 22.1 Å². The van der Waals surface area contributed by atoms with E-state index in [-0.39, 0.29) is 0 Å². The third-order valence-electron chi connectivity index (χ3n) is 5.00. The van der Waals surface area contributed by atoms with Gasteiger partial charge >= 0.3 is 0 Å². The summed E-state index contributed by atoms with van der Waals surface area (Å²) in [6, 6.07) is 5.35. The first-order valence-electron chi connectivity index (χ1n) is 8.61. The lowest BCUT2D eigenvalue weighted by Crippen LogP contribution is -2.48. The van der Waals surface area contributed by atoms with E-state index < -0.39 is 10.0 Å². The molecule has 2 aromatic rings. The smallest absolute Gasteiger partial charge is 0.243 e. The van der Waals surface area contributed by atoms with Crippen molar-refractivity contribution in [2.45, 2.75) is 37.5 Å². The molecule has 25 heavy (non-hydrogen) atoms. The first kappa shape index (κ1) is 16.9. The molecule has 1 saturated carbocycles. The van der Waals surface area contributed by atoms with E-state index in [0.29, 0.717) is 37.0 Å². The number of nitrogens with zero attached hydrogens (tertiary/aromatic N) is 4. The minimum atomic E-state index is -3.43. The van der Waals surface area contributed by atoms with Crippen molar-refractivity contribution in [3.63, 3.8) is 0 Å². The van der Waals surface area contributed by atoms with Crippen LogP contribution in [0.2, 0.25) is 0 Å². The van der Waals surface area contributed by atoms with Gasteiger partial charge in [0.2, 0.25) is 15.2 Å². The highest BCUT2D eigenvalue weighted by atomic mass is 32.2. The Kier molecular flexibility index (Phi) is 4.29. The quantitative estimate of drug-likeness (QED) is 0.818. The van der Waals surface area contributed by atoms with Crippen LogP contribution in [0.25, 0.3) is 0 Å². The average molecular weight is 379 g/mol. The first-order chi connectivity index (χ1) is 11.9. The van der Waals surface area contributed by atoms with Gasteiger partial charge in [-0.15, -0.1) is 0 Å². The van der Waals surface area contributed by atoms with E-state index in [4.69, 9.17) is 0 Å². The third kappa shape index (κ3) is 3.30. The molecule has 1 aliphatic heterocycles. The Hall–Kier alpha value is -1.51. The zero-order valence-electron chi connectivity index (χ0n) is 14.5. The van der Waals surface area contributed by atoms with Crippen molar-refractivity contribution in [2.24, 2.45) is 0 Å². The van der Waals surface area contributed by atoms with E-state index in [2.05, 4.69) is 14.3 Å². The second-order valence-corrected chi connectivity index (χ2v) is 9.51. The number of aromatic nitrogens is 2.